The van der Waals surface area contributed by atoms with Crippen LogP contribution in [0.15, 0.2) is 11.1 Å². The molecular weight excluding hydrogens is 384 g/mol. The third kappa shape index (κ3) is 5.26. The molecule has 0 spiro atoms. The summed E-state index contributed by atoms with van der Waals surface area (Å²) >= 11 is 0. The van der Waals surface area contributed by atoms with Gasteiger partial charge in [0.1, 0.15) is 18.7 Å². The normalized spacial score (nSPS) is 36.0. The van der Waals surface area contributed by atoms with Gasteiger partial charge in [0.15, 0.2) is 6.29 Å². The molecule has 30 heavy (non-hydrogen) atoms. The number of hydrogen-bond acceptors (Lipinski definition) is 7. The summed E-state index contributed by atoms with van der Waals surface area (Å²) in [5.41, 5.74) is 3.19. The van der Waals surface area contributed by atoms with Crippen molar-refractivity contribution in [3.8, 4) is 0 Å². The molecule has 172 valence electrons. The number of nitrogens with zero attached hydrogens (tertiary/aromatic N) is 2. The lowest BCUT2D eigenvalue weighted by molar-refractivity contribution is -0.339. The van der Waals surface area contributed by atoms with E-state index in [2.05, 4.69) is 4.90 Å². The molecule has 2 aliphatic carbocycles. The minimum absolute atomic E-state index is 0.261. The van der Waals surface area contributed by atoms with Crippen molar-refractivity contribution in [3.05, 3.63) is 11.1 Å². The van der Waals surface area contributed by atoms with Gasteiger partial charge in [-0.05, 0) is 76.5 Å². The number of hydrogen-bond donors (Lipinski definition) is 4. The molecule has 0 amide bonds. The molecule has 4 N–H and O–H groups in total. The van der Waals surface area contributed by atoms with Crippen LogP contribution in [0.4, 0.5) is 0 Å². The van der Waals surface area contributed by atoms with Gasteiger partial charge in [-0.1, -0.05) is 24.0 Å². The topological polar surface area (TPSA) is 96.6 Å². The molecule has 1 saturated heterocycles. The SMILES string of the molecule is OC(CCC(O)N1CC2=C(CCCC2)CCC2CCCCC21)ON1C(O)CCC1O. The van der Waals surface area contributed by atoms with E-state index < -0.39 is 25.0 Å². The van der Waals surface area contributed by atoms with Crippen molar-refractivity contribution in [1.82, 2.24) is 9.96 Å². The zero-order chi connectivity index (χ0) is 21.1. The van der Waals surface area contributed by atoms with E-state index in [1.165, 1.54) is 51.4 Å². The number of hydroxylamine groups is 2. The van der Waals surface area contributed by atoms with Crippen LogP contribution in [0.3, 0.4) is 0 Å². The molecule has 0 bridgehead atoms. The molecule has 0 radical (unpaired) electrons. The molecule has 2 heterocycles. The van der Waals surface area contributed by atoms with Crippen LogP contribution in [0.5, 0.6) is 0 Å². The van der Waals surface area contributed by atoms with Gasteiger partial charge < -0.3 is 20.4 Å². The first kappa shape index (κ1) is 22.6. The van der Waals surface area contributed by atoms with E-state index in [0.29, 0.717) is 31.2 Å². The summed E-state index contributed by atoms with van der Waals surface area (Å²) < 4.78 is 0. The Morgan fingerprint density at radius 2 is 1.50 bits per heavy atom. The van der Waals surface area contributed by atoms with Crippen LogP contribution in [-0.2, 0) is 4.84 Å². The van der Waals surface area contributed by atoms with Gasteiger partial charge >= 0.3 is 0 Å². The van der Waals surface area contributed by atoms with Crippen LogP contribution in [0.1, 0.15) is 89.9 Å². The highest BCUT2D eigenvalue weighted by Gasteiger charge is 2.37. The third-order valence-electron chi connectivity index (χ3n) is 7.76. The fourth-order valence-corrected chi connectivity index (χ4v) is 6.05. The summed E-state index contributed by atoms with van der Waals surface area (Å²) in [5, 5.41) is 42.2. The molecule has 7 nitrogen and oxygen atoms in total. The Kier molecular flexibility index (Phi) is 7.84. The number of aliphatic hydroxyl groups is 4. The van der Waals surface area contributed by atoms with E-state index in [1.807, 2.05) is 0 Å². The van der Waals surface area contributed by atoms with Crippen LogP contribution in [-0.4, -0.2) is 67.9 Å². The number of fused-ring (bicyclic) bond motifs is 1. The maximum atomic E-state index is 11.2. The quantitative estimate of drug-likeness (QED) is 0.384. The highest BCUT2D eigenvalue weighted by atomic mass is 16.8. The molecule has 4 aliphatic rings. The van der Waals surface area contributed by atoms with E-state index >= 15 is 0 Å². The van der Waals surface area contributed by atoms with Crippen LogP contribution in [0, 0.1) is 5.92 Å². The summed E-state index contributed by atoms with van der Waals surface area (Å²) in [6.45, 7) is 0.859. The van der Waals surface area contributed by atoms with Crippen LogP contribution < -0.4 is 0 Å². The lowest BCUT2D eigenvalue weighted by atomic mass is 9.76. The summed E-state index contributed by atoms with van der Waals surface area (Å²) in [6.07, 6.45) is 10.3. The Labute approximate surface area is 180 Å². The predicted molar refractivity (Wildman–Crippen MR) is 113 cm³/mol. The second kappa shape index (κ2) is 10.4. The fraction of sp³-hybridized carbons (Fsp3) is 0.913. The predicted octanol–water partition coefficient (Wildman–Crippen LogP) is 2.59. The van der Waals surface area contributed by atoms with Gasteiger partial charge in [0.2, 0.25) is 0 Å². The van der Waals surface area contributed by atoms with E-state index in [9.17, 15) is 20.4 Å². The number of rotatable bonds is 6. The zero-order valence-corrected chi connectivity index (χ0v) is 18.2. The molecule has 4 rings (SSSR count). The molecule has 0 aromatic rings. The minimum Gasteiger partial charge on any atom is -0.378 e. The Balaban J connectivity index is 1.39. The van der Waals surface area contributed by atoms with Gasteiger partial charge in [-0.25, -0.2) is 0 Å². The minimum atomic E-state index is -1.15. The molecular formula is C23H40N2O5. The van der Waals surface area contributed by atoms with Gasteiger partial charge in [-0.3, -0.25) is 9.74 Å². The molecule has 1 saturated carbocycles. The van der Waals surface area contributed by atoms with Crippen molar-refractivity contribution >= 4 is 0 Å². The molecule has 6 atom stereocenters. The summed E-state index contributed by atoms with van der Waals surface area (Å²) in [7, 11) is 0. The largest absolute Gasteiger partial charge is 0.378 e. The summed E-state index contributed by atoms with van der Waals surface area (Å²) in [6, 6.07) is 0.421. The summed E-state index contributed by atoms with van der Waals surface area (Å²) in [4.78, 5) is 7.68. The fourth-order valence-electron chi connectivity index (χ4n) is 6.05. The Morgan fingerprint density at radius 1 is 0.800 bits per heavy atom. The van der Waals surface area contributed by atoms with Gasteiger partial charge in [0.05, 0.1) is 0 Å². The maximum Gasteiger partial charge on any atom is 0.175 e. The monoisotopic (exact) mass is 424 g/mol. The molecule has 2 aliphatic heterocycles. The van der Waals surface area contributed by atoms with Gasteiger partial charge in [-0.2, -0.15) is 0 Å². The highest BCUT2D eigenvalue weighted by molar-refractivity contribution is 5.20. The zero-order valence-electron chi connectivity index (χ0n) is 18.2. The van der Waals surface area contributed by atoms with Crippen LogP contribution >= 0.6 is 0 Å². The smallest absolute Gasteiger partial charge is 0.175 e. The Morgan fingerprint density at radius 3 is 2.27 bits per heavy atom. The average molecular weight is 425 g/mol. The first-order valence-corrected chi connectivity index (χ1v) is 12.2. The van der Waals surface area contributed by atoms with Crippen molar-refractivity contribution in [1.29, 1.82) is 0 Å². The van der Waals surface area contributed by atoms with Crippen LogP contribution in [0.25, 0.3) is 0 Å². The van der Waals surface area contributed by atoms with E-state index in [4.69, 9.17) is 4.84 Å². The van der Waals surface area contributed by atoms with Crippen molar-refractivity contribution in [2.24, 2.45) is 5.92 Å². The number of aliphatic hydroxyl groups excluding tert-OH is 4. The highest BCUT2D eigenvalue weighted by Crippen LogP contribution is 2.39. The standard InChI is InChI=1S/C23H40N2O5/c26-20(13-14-23(29)30-25-21(27)11-12-22(25)28)24-15-18-7-2-1-5-16(18)9-10-17-6-3-4-8-19(17)24/h17,19-23,26-29H,1-15H2. The molecule has 6 unspecified atom stereocenters. The van der Waals surface area contributed by atoms with Gasteiger partial charge in [0, 0.05) is 19.0 Å². The third-order valence-corrected chi connectivity index (χ3v) is 7.76. The summed E-state index contributed by atoms with van der Waals surface area (Å²) in [5.74, 6) is 0.653. The average Bonchev–Trinajstić information content (AvgIpc) is 3.05. The van der Waals surface area contributed by atoms with E-state index in [-0.39, 0.29) is 6.42 Å². The first-order valence-electron chi connectivity index (χ1n) is 12.2. The van der Waals surface area contributed by atoms with Gasteiger partial charge in [-0.15, -0.1) is 5.06 Å². The first-order chi connectivity index (χ1) is 14.5. The second-order valence-electron chi connectivity index (χ2n) is 9.75. The van der Waals surface area contributed by atoms with Crippen molar-refractivity contribution < 1.29 is 25.3 Å². The molecule has 2 fully saturated rings. The van der Waals surface area contributed by atoms with Crippen molar-refractivity contribution in [2.75, 3.05) is 6.54 Å². The molecule has 0 aromatic heterocycles. The van der Waals surface area contributed by atoms with Gasteiger partial charge in [0.25, 0.3) is 0 Å². The second-order valence-corrected chi connectivity index (χ2v) is 9.75. The van der Waals surface area contributed by atoms with Crippen LogP contribution in [0.2, 0.25) is 0 Å². The van der Waals surface area contributed by atoms with Crippen molar-refractivity contribution in [3.63, 3.8) is 0 Å². The molecule has 7 heteroatoms. The lowest BCUT2D eigenvalue weighted by Crippen LogP contribution is -2.50. The van der Waals surface area contributed by atoms with Crippen molar-refractivity contribution in [2.45, 2.75) is 121 Å². The van der Waals surface area contributed by atoms with E-state index in [1.54, 1.807) is 11.1 Å². The molecule has 0 aromatic carbocycles. The van der Waals surface area contributed by atoms with E-state index in [0.717, 1.165) is 24.4 Å². The Bertz CT molecular complexity index is 590. The maximum absolute atomic E-state index is 11.2. The number of allylic oxidation sites excluding steroid dienone is 1. The lowest BCUT2D eigenvalue weighted by Gasteiger charge is -2.45. The Hall–Kier alpha value is -0.540.